The van der Waals surface area contributed by atoms with Crippen molar-refractivity contribution in [2.45, 2.75) is 18.9 Å². The molecule has 0 spiro atoms. The summed E-state index contributed by atoms with van der Waals surface area (Å²) in [6.45, 7) is 0.682. The van der Waals surface area contributed by atoms with Crippen LogP contribution in [-0.4, -0.2) is 25.9 Å². The van der Waals surface area contributed by atoms with Crippen molar-refractivity contribution in [1.82, 2.24) is 0 Å². The molecule has 1 aliphatic carbocycles. The molecular formula is C7H13NO3. The van der Waals surface area contributed by atoms with E-state index in [1.54, 1.807) is 0 Å². The molecule has 0 saturated heterocycles. The Kier molecular flexibility index (Phi) is 2.70. The lowest BCUT2D eigenvalue weighted by molar-refractivity contribution is -0.0158. The molecule has 0 aromatic heterocycles. The Bertz CT molecular complexity index is 143. The molecule has 0 heterocycles. The maximum atomic E-state index is 10.5. The maximum absolute atomic E-state index is 10.5. The van der Waals surface area contributed by atoms with E-state index in [2.05, 4.69) is 4.74 Å². The van der Waals surface area contributed by atoms with Crippen LogP contribution in [0.15, 0.2) is 0 Å². The monoisotopic (exact) mass is 159 g/mol. The Morgan fingerprint density at radius 1 is 1.64 bits per heavy atom. The zero-order chi connectivity index (χ0) is 8.27. The van der Waals surface area contributed by atoms with Crippen molar-refractivity contribution < 1.29 is 14.3 Å². The number of hydrogen-bond acceptors (Lipinski definition) is 4. The van der Waals surface area contributed by atoms with Gasteiger partial charge in [-0.3, -0.25) is 0 Å². The van der Waals surface area contributed by atoms with E-state index in [1.807, 2.05) is 0 Å². The average Bonchev–Trinajstić information content (AvgIpc) is 1.95. The first-order chi connectivity index (χ1) is 5.26. The van der Waals surface area contributed by atoms with Gasteiger partial charge in [-0.25, -0.2) is 4.79 Å². The van der Waals surface area contributed by atoms with Crippen molar-refractivity contribution in [2.24, 2.45) is 11.7 Å². The summed E-state index contributed by atoms with van der Waals surface area (Å²) in [4.78, 5) is 10.5. The van der Waals surface area contributed by atoms with Crippen LogP contribution >= 0.6 is 0 Å². The highest BCUT2D eigenvalue weighted by atomic mass is 16.7. The Labute approximate surface area is 65.7 Å². The summed E-state index contributed by atoms with van der Waals surface area (Å²) in [5, 5.41) is 0. The van der Waals surface area contributed by atoms with Crippen molar-refractivity contribution in [3.63, 3.8) is 0 Å². The van der Waals surface area contributed by atoms with Crippen LogP contribution in [0.4, 0.5) is 4.79 Å². The van der Waals surface area contributed by atoms with Crippen LogP contribution < -0.4 is 5.73 Å². The SMILES string of the molecule is COC(=O)OC1CC(CN)C1. The topological polar surface area (TPSA) is 61.5 Å². The third kappa shape index (κ3) is 2.08. The normalized spacial score (nSPS) is 28.9. The van der Waals surface area contributed by atoms with Crippen molar-refractivity contribution >= 4 is 6.16 Å². The first-order valence-electron chi connectivity index (χ1n) is 3.71. The molecular weight excluding hydrogens is 146 g/mol. The van der Waals surface area contributed by atoms with E-state index >= 15 is 0 Å². The molecule has 1 aliphatic rings. The van der Waals surface area contributed by atoms with Crippen molar-refractivity contribution in [3.05, 3.63) is 0 Å². The van der Waals surface area contributed by atoms with Crippen LogP contribution in [-0.2, 0) is 9.47 Å². The Morgan fingerprint density at radius 3 is 2.73 bits per heavy atom. The molecule has 4 nitrogen and oxygen atoms in total. The highest BCUT2D eigenvalue weighted by Crippen LogP contribution is 2.28. The highest BCUT2D eigenvalue weighted by Gasteiger charge is 2.31. The van der Waals surface area contributed by atoms with Gasteiger partial charge >= 0.3 is 6.16 Å². The van der Waals surface area contributed by atoms with Crippen molar-refractivity contribution in [2.75, 3.05) is 13.7 Å². The Morgan fingerprint density at radius 2 is 2.27 bits per heavy atom. The van der Waals surface area contributed by atoms with Crippen molar-refractivity contribution in [1.29, 1.82) is 0 Å². The van der Waals surface area contributed by atoms with Gasteiger partial charge < -0.3 is 15.2 Å². The van der Waals surface area contributed by atoms with Crippen LogP contribution in [0.3, 0.4) is 0 Å². The summed E-state index contributed by atoms with van der Waals surface area (Å²) in [6, 6.07) is 0. The van der Waals surface area contributed by atoms with Gasteiger partial charge in [0.15, 0.2) is 0 Å². The minimum Gasteiger partial charge on any atom is -0.438 e. The quantitative estimate of drug-likeness (QED) is 0.596. The third-order valence-electron chi connectivity index (χ3n) is 1.96. The molecule has 0 unspecified atom stereocenters. The fourth-order valence-corrected chi connectivity index (χ4v) is 1.15. The zero-order valence-corrected chi connectivity index (χ0v) is 6.58. The number of methoxy groups -OCH3 is 1. The lowest BCUT2D eigenvalue weighted by atomic mass is 9.82. The second-order valence-corrected chi connectivity index (χ2v) is 2.77. The predicted octanol–water partition coefficient (Wildman–Crippen LogP) is 0.507. The number of hydrogen-bond donors (Lipinski definition) is 1. The summed E-state index contributed by atoms with van der Waals surface area (Å²) < 4.78 is 9.18. The number of rotatable bonds is 2. The predicted molar refractivity (Wildman–Crippen MR) is 39.1 cm³/mol. The van der Waals surface area contributed by atoms with Gasteiger partial charge in [0.05, 0.1) is 7.11 Å². The van der Waals surface area contributed by atoms with Gasteiger partial charge in [-0.1, -0.05) is 0 Å². The molecule has 0 bridgehead atoms. The van der Waals surface area contributed by atoms with Crippen LogP contribution in [0.2, 0.25) is 0 Å². The maximum Gasteiger partial charge on any atom is 0.508 e. The molecule has 0 amide bonds. The standard InChI is InChI=1S/C7H13NO3/c1-10-7(9)11-6-2-5(3-6)4-8/h5-6H,2-4,8H2,1H3. The molecule has 0 aromatic rings. The van der Waals surface area contributed by atoms with E-state index in [4.69, 9.17) is 10.5 Å². The minimum absolute atomic E-state index is 0.0380. The van der Waals surface area contributed by atoms with E-state index in [0.717, 1.165) is 12.8 Å². The first-order valence-corrected chi connectivity index (χ1v) is 3.71. The Balaban J connectivity index is 2.08. The summed E-state index contributed by atoms with van der Waals surface area (Å²) in [5.41, 5.74) is 5.39. The molecule has 1 rings (SSSR count). The van der Waals surface area contributed by atoms with Crippen molar-refractivity contribution in [3.8, 4) is 0 Å². The van der Waals surface area contributed by atoms with Gasteiger partial charge in [0, 0.05) is 0 Å². The summed E-state index contributed by atoms with van der Waals surface area (Å²) in [5.74, 6) is 0.532. The van der Waals surface area contributed by atoms with E-state index in [9.17, 15) is 4.79 Å². The van der Waals surface area contributed by atoms with E-state index in [1.165, 1.54) is 7.11 Å². The van der Waals surface area contributed by atoms with E-state index in [-0.39, 0.29) is 6.10 Å². The van der Waals surface area contributed by atoms with Gasteiger partial charge in [0.25, 0.3) is 0 Å². The first kappa shape index (κ1) is 8.33. The lowest BCUT2D eigenvalue weighted by Crippen LogP contribution is -2.37. The molecule has 11 heavy (non-hydrogen) atoms. The van der Waals surface area contributed by atoms with Crippen LogP contribution in [0.5, 0.6) is 0 Å². The van der Waals surface area contributed by atoms with Crippen LogP contribution in [0.25, 0.3) is 0 Å². The largest absolute Gasteiger partial charge is 0.508 e. The summed E-state index contributed by atoms with van der Waals surface area (Å²) in [6.07, 6.45) is 1.21. The van der Waals surface area contributed by atoms with E-state index < -0.39 is 6.16 Å². The number of carbonyl (C=O) groups excluding carboxylic acids is 1. The van der Waals surface area contributed by atoms with Gasteiger partial charge in [-0.15, -0.1) is 0 Å². The average molecular weight is 159 g/mol. The number of nitrogens with two attached hydrogens (primary N) is 1. The molecule has 0 aliphatic heterocycles. The molecule has 1 fully saturated rings. The second-order valence-electron chi connectivity index (χ2n) is 2.77. The lowest BCUT2D eigenvalue weighted by Gasteiger charge is -2.32. The fourth-order valence-electron chi connectivity index (χ4n) is 1.15. The summed E-state index contributed by atoms with van der Waals surface area (Å²) in [7, 11) is 1.31. The molecule has 0 atom stereocenters. The molecule has 0 aromatic carbocycles. The highest BCUT2D eigenvalue weighted by molar-refractivity contribution is 5.59. The minimum atomic E-state index is -0.592. The molecule has 0 radical (unpaired) electrons. The van der Waals surface area contributed by atoms with Crippen LogP contribution in [0, 0.1) is 5.92 Å². The number of ether oxygens (including phenoxy) is 2. The van der Waals surface area contributed by atoms with E-state index in [0.29, 0.717) is 12.5 Å². The molecule has 4 heteroatoms. The van der Waals surface area contributed by atoms with Gasteiger partial charge in [-0.05, 0) is 25.3 Å². The Hall–Kier alpha value is -0.770. The second kappa shape index (κ2) is 3.57. The van der Waals surface area contributed by atoms with Gasteiger partial charge in [0.2, 0.25) is 0 Å². The zero-order valence-electron chi connectivity index (χ0n) is 6.58. The fraction of sp³-hybridized carbons (Fsp3) is 0.857. The van der Waals surface area contributed by atoms with Crippen LogP contribution in [0.1, 0.15) is 12.8 Å². The third-order valence-corrected chi connectivity index (χ3v) is 1.96. The summed E-state index contributed by atoms with van der Waals surface area (Å²) >= 11 is 0. The molecule has 64 valence electrons. The smallest absolute Gasteiger partial charge is 0.438 e. The van der Waals surface area contributed by atoms with Gasteiger partial charge in [-0.2, -0.15) is 0 Å². The molecule has 2 N–H and O–H groups in total. The van der Waals surface area contributed by atoms with Gasteiger partial charge in [0.1, 0.15) is 6.10 Å². The molecule has 1 saturated carbocycles. The number of carbonyl (C=O) groups is 1.